The number of rotatable bonds is 2. The fourth-order valence-electron chi connectivity index (χ4n) is 7.39. The quantitative estimate of drug-likeness (QED) is 0.711. The van der Waals surface area contributed by atoms with Gasteiger partial charge in [-0.3, -0.25) is 4.79 Å². The topological polar surface area (TPSA) is 86.7 Å². The highest BCUT2D eigenvalue weighted by molar-refractivity contribution is 7.92. The molecule has 1 saturated carbocycles. The van der Waals surface area contributed by atoms with Crippen LogP contribution in [0.3, 0.4) is 0 Å². The van der Waals surface area contributed by atoms with Gasteiger partial charge in [0, 0.05) is 17.5 Å². The Labute approximate surface area is 194 Å². The summed E-state index contributed by atoms with van der Waals surface area (Å²) in [6.45, 7) is 0.993. The summed E-state index contributed by atoms with van der Waals surface area (Å²) in [5, 5.41) is 12.4. The number of benzene rings is 2. The number of phenols is 1. The molecule has 3 unspecified atom stereocenters. The lowest BCUT2D eigenvalue weighted by Crippen LogP contribution is -2.66. The third-order valence-corrected chi connectivity index (χ3v) is 11.1. The zero-order chi connectivity index (χ0) is 23.0. The second-order valence-corrected chi connectivity index (χ2v) is 12.6. The van der Waals surface area contributed by atoms with Gasteiger partial charge < -0.3 is 15.3 Å². The Morgan fingerprint density at radius 3 is 2.70 bits per heavy atom. The molecule has 1 amide bonds. The van der Waals surface area contributed by atoms with Gasteiger partial charge in [0.25, 0.3) is 0 Å². The van der Waals surface area contributed by atoms with Crippen LogP contribution in [0.2, 0.25) is 0 Å². The molecule has 2 aromatic rings. The van der Waals surface area contributed by atoms with E-state index in [-0.39, 0.29) is 28.2 Å². The lowest BCUT2D eigenvalue weighted by Gasteiger charge is -2.62. The van der Waals surface area contributed by atoms with Crippen LogP contribution < -0.4 is 5.32 Å². The van der Waals surface area contributed by atoms with Crippen LogP contribution in [0.5, 0.6) is 5.75 Å². The van der Waals surface area contributed by atoms with Crippen LogP contribution in [0.1, 0.15) is 36.8 Å². The molecule has 174 valence electrons. The summed E-state index contributed by atoms with van der Waals surface area (Å²) >= 11 is 0. The maximum atomic E-state index is 13.3. The van der Waals surface area contributed by atoms with Gasteiger partial charge in [0.05, 0.1) is 4.90 Å². The van der Waals surface area contributed by atoms with E-state index in [0.29, 0.717) is 24.1 Å². The highest BCUT2D eigenvalue weighted by Crippen LogP contribution is 2.58. The van der Waals surface area contributed by atoms with Crippen LogP contribution in [0.15, 0.2) is 53.4 Å². The standard InChI is InChI=1S/C26H30N2O4S/c1-28-10-9-26-15-22-17(11-21(26)23(28)12-16-7-8-18(29)14-20(16)26)13-24(25(30)27-22)33(31,32)19-5-3-2-4-6-19/h2-8,14,17,21-24,29H,9-13,15H2,1H3,(H,27,30)/t17?,21-,22?,23+,24?,26+/m0/s1. The van der Waals surface area contributed by atoms with E-state index in [1.807, 2.05) is 6.07 Å². The molecular formula is C26H30N2O4S. The zero-order valence-corrected chi connectivity index (χ0v) is 19.6. The molecule has 6 nitrogen and oxygen atoms in total. The van der Waals surface area contributed by atoms with Crippen molar-refractivity contribution in [2.45, 2.75) is 59.7 Å². The Balaban J connectivity index is 1.36. The summed E-state index contributed by atoms with van der Waals surface area (Å²) < 4.78 is 26.6. The first kappa shape index (κ1) is 21.2. The highest BCUT2D eigenvalue weighted by Gasteiger charge is 2.59. The Morgan fingerprint density at radius 2 is 1.91 bits per heavy atom. The molecule has 0 spiro atoms. The van der Waals surface area contributed by atoms with Gasteiger partial charge in [-0.05, 0) is 92.9 Å². The minimum atomic E-state index is -3.73. The van der Waals surface area contributed by atoms with E-state index in [1.165, 1.54) is 11.1 Å². The Hall–Kier alpha value is -2.38. The molecule has 7 heteroatoms. The molecular weight excluding hydrogens is 436 g/mol. The van der Waals surface area contributed by atoms with E-state index in [2.05, 4.69) is 23.3 Å². The number of fused-ring (bicyclic) bond motifs is 2. The first-order valence-corrected chi connectivity index (χ1v) is 13.5. The average Bonchev–Trinajstić information content (AvgIpc) is 2.80. The molecule has 33 heavy (non-hydrogen) atoms. The number of hydrogen-bond donors (Lipinski definition) is 2. The smallest absolute Gasteiger partial charge is 0.238 e. The second kappa shape index (κ2) is 7.31. The summed E-state index contributed by atoms with van der Waals surface area (Å²) in [7, 11) is -1.54. The predicted molar refractivity (Wildman–Crippen MR) is 125 cm³/mol. The van der Waals surface area contributed by atoms with Gasteiger partial charge >= 0.3 is 0 Å². The lowest BCUT2D eigenvalue weighted by molar-refractivity contribution is -0.126. The van der Waals surface area contributed by atoms with Crippen molar-refractivity contribution in [3.05, 3.63) is 59.7 Å². The number of likely N-dealkylation sites (N-methyl/N-ethyl adjacent to an activating group) is 1. The van der Waals surface area contributed by atoms with E-state index in [1.54, 1.807) is 36.4 Å². The van der Waals surface area contributed by atoms with E-state index in [4.69, 9.17) is 0 Å². The maximum absolute atomic E-state index is 13.3. The number of hydrogen-bond acceptors (Lipinski definition) is 5. The number of carbonyl (C=O) groups is 1. The van der Waals surface area contributed by atoms with Crippen molar-refractivity contribution >= 4 is 15.7 Å². The van der Waals surface area contributed by atoms with Crippen molar-refractivity contribution in [1.82, 2.24) is 10.2 Å². The molecule has 2 N–H and O–H groups in total. The van der Waals surface area contributed by atoms with Crippen molar-refractivity contribution in [3.63, 3.8) is 0 Å². The SMILES string of the molecule is CN1CC[C@]23CC4NC(=O)C(S(=O)(=O)c5ccccc5)CC4C[C@H]2[C@H]1Cc1ccc(O)cc13. The number of sulfone groups is 1. The molecule has 2 aliphatic heterocycles. The fourth-order valence-corrected chi connectivity index (χ4v) is 9.11. The minimum absolute atomic E-state index is 0.0340. The number of likely N-dealkylation sites (tertiary alicyclic amines) is 1. The molecule has 0 radical (unpaired) electrons. The second-order valence-electron chi connectivity index (χ2n) is 10.5. The Bertz CT molecular complexity index is 1210. The number of phenolic OH excluding ortho intramolecular Hbond substituents is 1. The van der Waals surface area contributed by atoms with Crippen LogP contribution in [-0.2, 0) is 26.5 Å². The van der Waals surface area contributed by atoms with Crippen LogP contribution in [-0.4, -0.2) is 55.3 Å². The van der Waals surface area contributed by atoms with Gasteiger partial charge in [-0.15, -0.1) is 0 Å². The molecule has 2 saturated heterocycles. The lowest BCUT2D eigenvalue weighted by atomic mass is 9.49. The average molecular weight is 467 g/mol. The fraction of sp³-hybridized carbons (Fsp3) is 0.500. The van der Waals surface area contributed by atoms with Gasteiger partial charge in [-0.1, -0.05) is 24.3 Å². The molecule has 3 fully saturated rings. The summed E-state index contributed by atoms with van der Waals surface area (Å²) in [5.41, 5.74) is 2.46. The van der Waals surface area contributed by atoms with Crippen molar-refractivity contribution in [2.24, 2.45) is 11.8 Å². The molecule has 2 bridgehead atoms. The zero-order valence-electron chi connectivity index (χ0n) is 18.8. The molecule has 4 aliphatic rings. The van der Waals surface area contributed by atoms with Crippen molar-refractivity contribution in [1.29, 1.82) is 0 Å². The summed E-state index contributed by atoms with van der Waals surface area (Å²) in [6.07, 6.45) is 4.03. The van der Waals surface area contributed by atoms with Crippen LogP contribution in [0.4, 0.5) is 0 Å². The number of nitrogens with one attached hydrogen (secondary N) is 1. The van der Waals surface area contributed by atoms with Crippen LogP contribution in [0.25, 0.3) is 0 Å². The van der Waals surface area contributed by atoms with E-state index in [0.717, 1.165) is 32.2 Å². The molecule has 0 aromatic heterocycles. The van der Waals surface area contributed by atoms with Gasteiger partial charge in [0.2, 0.25) is 5.91 Å². The molecule has 6 atom stereocenters. The number of piperidine rings is 2. The summed E-state index contributed by atoms with van der Waals surface area (Å²) in [4.78, 5) is 15.8. The number of carbonyl (C=O) groups excluding carboxylic acids is 1. The van der Waals surface area contributed by atoms with Crippen molar-refractivity contribution in [3.8, 4) is 5.75 Å². The third-order valence-electron chi connectivity index (χ3n) is 9.00. The summed E-state index contributed by atoms with van der Waals surface area (Å²) in [5.74, 6) is 0.452. The molecule has 2 aliphatic carbocycles. The summed E-state index contributed by atoms with van der Waals surface area (Å²) in [6, 6.07) is 14.5. The van der Waals surface area contributed by atoms with Gasteiger partial charge in [-0.2, -0.15) is 0 Å². The van der Waals surface area contributed by atoms with E-state index in [9.17, 15) is 18.3 Å². The van der Waals surface area contributed by atoms with Gasteiger partial charge in [0.1, 0.15) is 11.0 Å². The van der Waals surface area contributed by atoms with Crippen molar-refractivity contribution < 1.29 is 18.3 Å². The minimum Gasteiger partial charge on any atom is -0.508 e. The van der Waals surface area contributed by atoms with E-state index < -0.39 is 15.1 Å². The molecule has 2 heterocycles. The van der Waals surface area contributed by atoms with E-state index >= 15 is 0 Å². The number of aromatic hydroxyl groups is 1. The van der Waals surface area contributed by atoms with Gasteiger partial charge in [0.15, 0.2) is 9.84 Å². The van der Waals surface area contributed by atoms with Crippen LogP contribution in [0, 0.1) is 11.8 Å². The first-order valence-electron chi connectivity index (χ1n) is 11.9. The Morgan fingerprint density at radius 1 is 1.12 bits per heavy atom. The first-order chi connectivity index (χ1) is 15.8. The maximum Gasteiger partial charge on any atom is 0.238 e. The number of nitrogens with zero attached hydrogens (tertiary/aromatic N) is 1. The largest absolute Gasteiger partial charge is 0.508 e. The van der Waals surface area contributed by atoms with Crippen molar-refractivity contribution in [2.75, 3.05) is 13.6 Å². The highest BCUT2D eigenvalue weighted by atomic mass is 32.2. The number of amides is 1. The van der Waals surface area contributed by atoms with Crippen LogP contribution >= 0.6 is 0 Å². The van der Waals surface area contributed by atoms with Gasteiger partial charge in [-0.25, -0.2) is 8.42 Å². The third kappa shape index (κ3) is 3.08. The predicted octanol–water partition coefficient (Wildman–Crippen LogP) is 2.65. The monoisotopic (exact) mass is 466 g/mol. The Kier molecular flexibility index (Phi) is 4.69. The normalized spacial score (nSPS) is 35.7. The molecule has 6 rings (SSSR count). The molecule has 2 aromatic carbocycles.